The number of hydrogen-bond donors (Lipinski definition) is 0. The van der Waals surface area contributed by atoms with Crippen LogP contribution in [0.2, 0.25) is 0 Å². The molecule has 0 spiro atoms. The summed E-state index contributed by atoms with van der Waals surface area (Å²) >= 11 is 0. The maximum atomic E-state index is 14.1. The zero-order valence-corrected chi connectivity index (χ0v) is 13.7. The van der Waals surface area contributed by atoms with E-state index in [4.69, 9.17) is 0 Å². The molecule has 0 saturated heterocycles. The molecule has 1 aromatic carbocycles. The average molecular weight is 315 g/mol. The van der Waals surface area contributed by atoms with Crippen LogP contribution in [0, 0.1) is 18.6 Å². The van der Waals surface area contributed by atoms with Gasteiger partial charge in [-0.15, -0.1) is 0 Å². The lowest BCUT2D eigenvalue weighted by Gasteiger charge is -2.21. The summed E-state index contributed by atoms with van der Waals surface area (Å²) in [4.78, 5) is 8.83. The molecule has 1 aliphatic rings. The van der Waals surface area contributed by atoms with Crippen molar-refractivity contribution in [2.75, 3.05) is 18.6 Å². The fourth-order valence-electron chi connectivity index (χ4n) is 2.76. The van der Waals surface area contributed by atoms with Gasteiger partial charge in [-0.2, -0.15) is 0 Å². The van der Waals surface area contributed by atoms with Crippen molar-refractivity contribution in [2.45, 2.75) is 20.8 Å². The van der Waals surface area contributed by atoms with Gasteiger partial charge in [0, 0.05) is 30.1 Å². The molecule has 1 aromatic heterocycles. The van der Waals surface area contributed by atoms with Gasteiger partial charge in [-0.25, -0.2) is 13.8 Å². The van der Waals surface area contributed by atoms with Crippen molar-refractivity contribution in [1.82, 2.24) is 9.88 Å². The van der Waals surface area contributed by atoms with Gasteiger partial charge in [0.15, 0.2) is 0 Å². The van der Waals surface area contributed by atoms with E-state index in [1.165, 1.54) is 17.8 Å². The molecule has 0 aliphatic carbocycles. The minimum absolute atomic E-state index is 0.308. The van der Waals surface area contributed by atoms with E-state index in [1.54, 1.807) is 0 Å². The first-order chi connectivity index (χ1) is 10.9. The predicted octanol–water partition coefficient (Wildman–Crippen LogP) is 4.30. The van der Waals surface area contributed by atoms with Crippen molar-refractivity contribution < 1.29 is 8.78 Å². The Morgan fingerprint density at radius 2 is 1.74 bits per heavy atom. The van der Waals surface area contributed by atoms with E-state index in [0.29, 0.717) is 17.9 Å². The van der Waals surface area contributed by atoms with Crippen LogP contribution in [-0.2, 0) is 0 Å². The molecule has 0 fully saturated rings. The summed E-state index contributed by atoms with van der Waals surface area (Å²) < 4.78 is 27.2. The van der Waals surface area contributed by atoms with Crippen molar-refractivity contribution in [3.05, 3.63) is 58.9 Å². The quantitative estimate of drug-likeness (QED) is 0.824. The van der Waals surface area contributed by atoms with Gasteiger partial charge in [-0.1, -0.05) is 0 Å². The second-order valence-electron chi connectivity index (χ2n) is 5.95. The van der Waals surface area contributed by atoms with E-state index in [1.807, 2.05) is 33.0 Å². The SMILES string of the molecule is CC1=C(C)N(c2cc(C)cc(-c3ccc(F)cc3F)n2)CN1C. The van der Waals surface area contributed by atoms with E-state index < -0.39 is 11.6 Å². The van der Waals surface area contributed by atoms with E-state index in [2.05, 4.69) is 21.7 Å². The molecule has 2 heterocycles. The largest absolute Gasteiger partial charge is 0.359 e. The molecule has 3 rings (SSSR count). The van der Waals surface area contributed by atoms with Crippen LogP contribution in [0.1, 0.15) is 19.4 Å². The Hall–Kier alpha value is -2.43. The smallest absolute Gasteiger partial charge is 0.135 e. The molecule has 0 unspecified atom stereocenters. The predicted molar refractivity (Wildman–Crippen MR) is 87.8 cm³/mol. The van der Waals surface area contributed by atoms with E-state index in [-0.39, 0.29) is 0 Å². The van der Waals surface area contributed by atoms with E-state index >= 15 is 0 Å². The van der Waals surface area contributed by atoms with Crippen LogP contribution in [0.4, 0.5) is 14.6 Å². The van der Waals surface area contributed by atoms with E-state index in [0.717, 1.165) is 23.1 Å². The highest BCUT2D eigenvalue weighted by atomic mass is 19.1. The Labute approximate surface area is 134 Å². The summed E-state index contributed by atoms with van der Waals surface area (Å²) in [6.45, 7) is 6.76. The van der Waals surface area contributed by atoms with E-state index in [9.17, 15) is 8.78 Å². The number of pyridine rings is 1. The molecule has 0 N–H and O–H groups in total. The molecule has 0 bridgehead atoms. The van der Waals surface area contributed by atoms with Crippen molar-refractivity contribution in [2.24, 2.45) is 0 Å². The molecule has 5 heteroatoms. The van der Waals surface area contributed by atoms with Crippen LogP contribution in [0.25, 0.3) is 11.3 Å². The topological polar surface area (TPSA) is 19.4 Å². The molecule has 0 radical (unpaired) electrons. The zero-order chi connectivity index (χ0) is 16.7. The minimum Gasteiger partial charge on any atom is -0.359 e. The highest BCUT2D eigenvalue weighted by Crippen LogP contribution is 2.30. The summed E-state index contributed by atoms with van der Waals surface area (Å²) in [5, 5.41) is 0. The van der Waals surface area contributed by atoms with Gasteiger partial charge in [0.25, 0.3) is 0 Å². The Morgan fingerprint density at radius 1 is 1.00 bits per heavy atom. The molecule has 0 atom stereocenters. The van der Waals surface area contributed by atoms with Crippen LogP contribution in [-0.4, -0.2) is 23.6 Å². The number of rotatable bonds is 2. The first kappa shape index (κ1) is 15.5. The Kier molecular flexibility index (Phi) is 3.80. The molecule has 2 aromatic rings. The molecular weight excluding hydrogens is 296 g/mol. The number of anilines is 1. The van der Waals surface area contributed by atoms with Crippen LogP contribution in [0.15, 0.2) is 41.7 Å². The third-order valence-electron chi connectivity index (χ3n) is 4.29. The normalized spacial score (nSPS) is 14.9. The third kappa shape index (κ3) is 2.79. The van der Waals surface area contributed by atoms with Gasteiger partial charge >= 0.3 is 0 Å². The van der Waals surface area contributed by atoms with Crippen molar-refractivity contribution in [3.8, 4) is 11.3 Å². The number of aryl methyl sites for hydroxylation is 1. The summed E-state index contributed by atoms with van der Waals surface area (Å²) in [5.41, 5.74) is 4.10. The van der Waals surface area contributed by atoms with Gasteiger partial charge < -0.3 is 9.80 Å². The molecular formula is C18H19F2N3. The van der Waals surface area contributed by atoms with Crippen LogP contribution in [0.3, 0.4) is 0 Å². The standard InChI is InChI=1S/C18H19F2N3/c1-11-7-17(15-6-5-14(19)9-16(15)20)21-18(8-11)23-10-22(4)12(2)13(23)3/h5-9H,10H2,1-4H3. The first-order valence-electron chi connectivity index (χ1n) is 7.47. The second kappa shape index (κ2) is 5.65. The number of halogens is 2. The zero-order valence-electron chi connectivity index (χ0n) is 13.7. The Balaban J connectivity index is 2.07. The fraction of sp³-hybridized carbons (Fsp3) is 0.278. The number of nitrogens with zero attached hydrogens (tertiary/aromatic N) is 3. The lowest BCUT2D eigenvalue weighted by molar-refractivity contribution is 0.459. The first-order valence-corrected chi connectivity index (χ1v) is 7.47. The molecule has 0 amide bonds. The number of allylic oxidation sites excluding steroid dienone is 2. The minimum atomic E-state index is -0.601. The molecule has 1 aliphatic heterocycles. The maximum Gasteiger partial charge on any atom is 0.135 e. The summed E-state index contributed by atoms with van der Waals surface area (Å²) in [6.07, 6.45) is 0. The van der Waals surface area contributed by atoms with Gasteiger partial charge in [0.05, 0.1) is 12.4 Å². The highest BCUT2D eigenvalue weighted by Gasteiger charge is 2.23. The van der Waals surface area contributed by atoms with Gasteiger partial charge in [-0.3, -0.25) is 0 Å². The number of aromatic nitrogens is 1. The van der Waals surface area contributed by atoms with Gasteiger partial charge in [0.1, 0.15) is 17.5 Å². The fourth-order valence-corrected chi connectivity index (χ4v) is 2.76. The molecule has 23 heavy (non-hydrogen) atoms. The van der Waals surface area contributed by atoms with Crippen molar-refractivity contribution in [3.63, 3.8) is 0 Å². The van der Waals surface area contributed by atoms with Crippen molar-refractivity contribution >= 4 is 5.82 Å². The molecule has 0 saturated carbocycles. The number of benzene rings is 1. The van der Waals surface area contributed by atoms with Crippen LogP contribution < -0.4 is 4.90 Å². The molecule has 3 nitrogen and oxygen atoms in total. The summed E-state index contributed by atoms with van der Waals surface area (Å²) in [7, 11) is 2.02. The Morgan fingerprint density at radius 3 is 2.35 bits per heavy atom. The summed E-state index contributed by atoms with van der Waals surface area (Å²) in [6, 6.07) is 7.35. The van der Waals surface area contributed by atoms with Gasteiger partial charge in [0.2, 0.25) is 0 Å². The maximum absolute atomic E-state index is 14.1. The van der Waals surface area contributed by atoms with Gasteiger partial charge in [-0.05, 0) is 50.6 Å². The number of hydrogen-bond acceptors (Lipinski definition) is 3. The Bertz CT molecular complexity index is 799. The lowest BCUT2D eigenvalue weighted by Crippen LogP contribution is -2.25. The van der Waals surface area contributed by atoms with Crippen LogP contribution >= 0.6 is 0 Å². The second-order valence-corrected chi connectivity index (χ2v) is 5.95. The molecule has 120 valence electrons. The lowest BCUT2D eigenvalue weighted by atomic mass is 10.1. The highest BCUT2D eigenvalue weighted by molar-refractivity contribution is 5.64. The summed E-state index contributed by atoms with van der Waals surface area (Å²) in [5.74, 6) is -0.421. The monoisotopic (exact) mass is 315 g/mol. The van der Waals surface area contributed by atoms with Crippen LogP contribution in [0.5, 0.6) is 0 Å². The van der Waals surface area contributed by atoms with Crippen molar-refractivity contribution in [1.29, 1.82) is 0 Å². The third-order valence-corrected chi connectivity index (χ3v) is 4.29. The average Bonchev–Trinajstić information content (AvgIpc) is 2.74.